The Hall–Kier alpha value is -2.51. The molecule has 0 bridgehead atoms. The summed E-state index contributed by atoms with van der Waals surface area (Å²) in [5.41, 5.74) is 3.34. The van der Waals surface area contributed by atoms with Crippen molar-refractivity contribution in [3.8, 4) is 5.13 Å². The number of hydrogen-bond acceptors (Lipinski definition) is 5. The lowest BCUT2D eigenvalue weighted by atomic mass is 10.1. The number of thiazole rings is 1. The van der Waals surface area contributed by atoms with E-state index in [0.29, 0.717) is 27.1 Å². The Kier molecular flexibility index (Phi) is 5.20. The number of anilines is 1. The van der Waals surface area contributed by atoms with E-state index in [1.807, 2.05) is 19.2 Å². The van der Waals surface area contributed by atoms with E-state index in [2.05, 4.69) is 15.4 Å². The summed E-state index contributed by atoms with van der Waals surface area (Å²) in [7, 11) is 0. The van der Waals surface area contributed by atoms with E-state index >= 15 is 0 Å². The van der Waals surface area contributed by atoms with Gasteiger partial charge in [0.25, 0.3) is 0 Å². The maximum atomic E-state index is 12.3. The minimum atomic E-state index is -0.200. The van der Waals surface area contributed by atoms with Crippen molar-refractivity contribution < 1.29 is 9.59 Å². The van der Waals surface area contributed by atoms with Gasteiger partial charge in [0.05, 0.1) is 28.5 Å². The summed E-state index contributed by atoms with van der Waals surface area (Å²) in [6.45, 7) is 5.20. The topological polar surface area (TPSA) is 76.9 Å². The summed E-state index contributed by atoms with van der Waals surface area (Å²) in [5.74, 6) is -0.247. The van der Waals surface area contributed by atoms with E-state index in [1.54, 1.807) is 28.9 Å². The summed E-state index contributed by atoms with van der Waals surface area (Å²) in [6, 6.07) is 6.85. The van der Waals surface area contributed by atoms with Gasteiger partial charge in [-0.05, 0) is 32.9 Å². The fraction of sp³-hybridized carbons (Fsp3) is 0.222. The number of nitrogens with one attached hydrogen (secondary N) is 1. The summed E-state index contributed by atoms with van der Waals surface area (Å²) in [4.78, 5) is 28.2. The van der Waals surface area contributed by atoms with Crippen LogP contribution in [0.15, 0.2) is 29.6 Å². The zero-order valence-electron chi connectivity index (χ0n) is 14.5. The number of carbonyl (C=O) groups is 2. The lowest BCUT2D eigenvalue weighted by Crippen LogP contribution is -2.15. The molecular formula is C18H17ClN4O2S. The average Bonchev–Trinajstić information content (AvgIpc) is 3.15. The lowest BCUT2D eigenvalue weighted by Gasteiger charge is -2.05. The van der Waals surface area contributed by atoms with Crippen molar-refractivity contribution in [3.63, 3.8) is 0 Å². The number of benzene rings is 1. The summed E-state index contributed by atoms with van der Waals surface area (Å²) in [5, 5.41) is 10.3. The second kappa shape index (κ2) is 7.39. The standard InChI is InChI=1S/C18H17ClN4O2S/c1-10-17(19)11(2)23(22-10)18-21-15(9-26-18)8-16(25)20-14-6-4-5-13(7-14)12(3)24/h4-7,9H,8H2,1-3H3,(H,20,25). The first-order valence-corrected chi connectivity index (χ1v) is 9.18. The average molecular weight is 389 g/mol. The van der Waals surface area contributed by atoms with E-state index in [-0.39, 0.29) is 18.1 Å². The number of nitrogens with zero attached hydrogens (tertiary/aromatic N) is 3. The van der Waals surface area contributed by atoms with Gasteiger partial charge in [0.15, 0.2) is 5.78 Å². The predicted octanol–water partition coefficient (Wildman–Crippen LogP) is 3.98. The summed E-state index contributed by atoms with van der Waals surface area (Å²) < 4.78 is 1.68. The molecule has 8 heteroatoms. The second-order valence-electron chi connectivity index (χ2n) is 5.88. The fourth-order valence-corrected chi connectivity index (χ4v) is 3.41. The molecule has 26 heavy (non-hydrogen) atoms. The van der Waals surface area contributed by atoms with E-state index in [1.165, 1.54) is 18.3 Å². The van der Waals surface area contributed by atoms with Crippen LogP contribution in [-0.2, 0) is 11.2 Å². The van der Waals surface area contributed by atoms with Crippen LogP contribution in [0, 0.1) is 13.8 Å². The zero-order chi connectivity index (χ0) is 18.8. The van der Waals surface area contributed by atoms with E-state index in [4.69, 9.17) is 11.6 Å². The van der Waals surface area contributed by atoms with Crippen LogP contribution in [0.4, 0.5) is 5.69 Å². The van der Waals surface area contributed by atoms with E-state index in [9.17, 15) is 9.59 Å². The molecule has 0 aliphatic heterocycles. The van der Waals surface area contributed by atoms with Crippen molar-refractivity contribution in [1.29, 1.82) is 0 Å². The van der Waals surface area contributed by atoms with Crippen LogP contribution in [-0.4, -0.2) is 26.5 Å². The molecule has 0 radical (unpaired) electrons. The number of aromatic nitrogens is 3. The molecule has 0 saturated carbocycles. The van der Waals surface area contributed by atoms with Gasteiger partial charge in [-0.3, -0.25) is 9.59 Å². The summed E-state index contributed by atoms with van der Waals surface area (Å²) >= 11 is 7.57. The maximum absolute atomic E-state index is 12.3. The normalized spacial score (nSPS) is 10.8. The Bertz CT molecular complexity index is 993. The first-order chi connectivity index (χ1) is 12.3. The van der Waals surface area contributed by atoms with Gasteiger partial charge in [-0.15, -0.1) is 11.3 Å². The first-order valence-electron chi connectivity index (χ1n) is 7.92. The number of halogens is 1. The molecule has 1 aromatic carbocycles. The molecule has 0 fully saturated rings. The number of ketones is 1. The van der Waals surface area contributed by atoms with E-state index in [0.717, 1.165) is 11.4 Å². The highest BCUT2D eigenvalue weighted by molar-refractivity contribution is 7.12. The van der Waals surface area contributed by atoms with Gasteiger partial charge in [0, 0.05) is 16.6 Å². The third-order valence-electron chi connectivity index (χ3n) is 3.82. The Morgan fingerprint density at radius 3 is 2.73 bits per heavy atom. The van der Waals surface area contributed by atoms with Crippen LogP contribution in [0.2, 0.25) is 5.02 Å². The van der Waals surface area contributed by atoms with Crippen molar-refractivity contribution >= 4 is 40.3 Å². The van der Waals surface area contributed by atoms with Gasteiger partial charge in [0.1, 0.15) is 0 Å². The molecule has 2 heterocycles. The molecule has 3 aromatic rings. The molecule has 0 spiro atoms. The smallest absolute Gasteiger partial charge is 0.230 e. The van der Waals surface area contributed by atoms with Gasteiger partial charge in [-0.1, -0.05) is 23.7 Å². The number of amides is 1. The van der Waals surface area contributed by atoms with Crippen LogP contribution < -0.4 is 5.32 Å². The fourth-order valence-electron chi connectivity index (χ4n) is 2.47. The van der Waals surface area contributed by atoms with Gasteiger partial charge in [-0.25, -0.2) is 9.67 Å². The van der Waals surface area contributed by atoms with Crippen molar-refractivity contribution in [2.24, 2.45) is 0 Å². The van der Waals surface area contributed by atoms with Gasteiger partial charge in [0.2, 0.25) is 11.0 Å². The minimum absolute atomic E-state index is 0.0474. The van der Waals surface area contributed by atoms with Gasteiger partial charge < -0.3 is 5.32 Å². The lowest BCUT2D eigenvalue weighted by molar-refractivity contribution is -0.115. The molecule has 1 amide bonds. The number of Topliss-reactive ketones (excluding diaryl/α,β-unsaturated/α-hetero) is 1. The largest absolute Gasteiger partial charge is 0.326 e. The number of aryl methyl sites for hydroxylation is 1. The Labute approximate surface area is 159 Å². The van der Waals surface area contributed by atoms with Crippen molar-refractivity contribution in [3.05, 3.63) is 57.3 Å². The highest BCUT2D eigenvalue weighted by Crippen LogP contribution is 2.24. The van der Waals surface area contributed by atoms with Crippen LogP contribution in [0.3, 0.4) is 0 Å². The van der Waals surface area contributed by atoms with Crippen LogP contribution in [0.25, 0.3) is 5.13 Å². The third-order valence-corrected chi connectivity index (χ3v) is 5.23. The monoisotopic (exact) mass is 388 g/mol. The van der Waals surface area contributed by atoms with E-state index < -0.39 is 0 Å². The Morgan fingerprint density at radius 1 is 1.31 bits per heavy atom. The third kappa shape index (κ3) is 3.84. The van der Waals surface area contributed by atoms with Gasteiger partial charge in [-0.2, -0.15) is 5.10 Å². The molecule has 3 rings (SSSR count). The van der Waals surface area contributed by atoms with Crippen molar-refractivity contribution in [2.75, 3.05) is 5.32 Å². The SMILES string of the molecule is CC(=O)c1cccc(NC(=O)Cc2csc(-n3nc(C)c(Cl)c3C)n2)c1. The molecule has 6 nitrogen and oxygen atoms in total. The zero-order valence-corrected chi connectivity index (χ0v) is 16.1. The molecule has 0 saturated heterocycles. The first kappa shape index (κ1) is 18.3. The molecule has 0 aliphatic carbocycles. The number of rotatable bonds is 5. The molecular weight excluding hydrogens is 372 g/mol. The van der Waals surface area contributed by atoms with Crippen LogP contribution >= 0.6 is 22.9 Å². The van der Waals surface area contributed by atoms with Crippen LogP contribution in [0.1, 0.15) is 34.4 Å². The van der Waals surface area contributed by atoms with Crippen molar-refractivity contribution in [1.82, 2.24) is 14.8 Å². The molecule has 0 unspecified atom stereocenters. The Balaban J connectivity index is 1.71. The van der Waals surface area contributed by atoms with Crippen molar-refractivity contribution in [2.45, 2.75) is 27.2 Å². The minimum Gasteiger partial charge on any atom is -0.326 e. The number of hydrogen-bond donors (Lipinski definition) is 1. The number of carbonyl (C=O) groups excluding carboxylic acids is 2. The predicted molar refractivity (Wildman–Crippen MR) is 103 cm³/mol. The highest BCUT2D eigenvalue weighted by Gasteiger charge is 2.15. The van der Waals surface area contributed by atoms with Crippen LogP contribution in [0.5, 0.6) is 0 Å². The highest BCUT2D eigenvalue weighted by atomic mass is 35.5. The molecule has 1 N–H and O–H groups in total. The summed E-state index contributed by atoms with van der Waals surface area (Å²) in [6.07, 6.45) is 0.133. The maximum Gasteiger partial charge on any atom is 0.230 e. The molecule has 0 aliphatic rings. The Morgan fingerprint density at radius 2 is 2.08 bits per heavy atom. The second-order valence-corrected chi connectivity index (χ2v) is 7.09. The molecule has 2 aromatic heterocycles. The quantitative estimate of drug-likeness (QED) is 0.670. The van der Waals surface area contributed by atoms with Gasteiger partial charge >= 0.3 is 0 Å². The molecule has 0 atom stereocenters. The molecule has 134 valence electrons.